The molecule has 0 aromatic carbocycles. The average Bonchev–Trinajstić information content (AvgIpc) is 2.69. The Morgan fingerprint density at radius 1 is 1.21 bits per heavy atom. The van der Waals surface area contributed by atoms with Crippen LogP contribution in [0.3, 0.4) is 0 Å². The van der Waals surface area contributed by atoms with Crippen LogP contribution in [0.5, 0.6) is 0 Å². The van der Waals surface area contributed by atoms with Crippen molar-refractivity contribution >= 4 is 0 Å². The van der Waals surface area contributed by atoms with Gasteiger partial charge in [0, 0.05) is 6.42 Å². The van der Waals surface area contributed by atoms with E-state index in [1.807, 2.05) is 6.08 Å². The Hall–Kier alpha value is -0.780. The van der Waals surface area contributed by atoms with Crippen LogP contribution >= 0.6 is 0 Å². The van der Waals surface area contributed by atoms with Gasteiger partial charge in [0.05, 0.1) is 13.2 Å². The fourth-order valence-corrected chi connectivity index (χ4v) is 1.36. The molecule has 2 nitrogen and oxygen atoms in total. The van der Waals surface area contributed by atoms with Gasteiger partial charge in [-0.15, -0.1) is 12.3 Å². The van der Waals surface area contributed by atoms with Crippen molar-refractivity contribution in [3.63, 3.8) is 0 Å². The Bertz CT molecular complexity index is 197. The minimum absolute atomic E-state index is 0.0966. The summed E-state index contributed by atoms with van der Waals surface area (Å²) in [6, 6.07) is 0. The van der Waals surface area contributed by atoms with Gasteiger partial charge in [0.2, 0.25) is 0 Å². The van der Waals surface area contributed by atoms with Crippen molar-refractivity contribution in [2.75, 3.05) is 13.2 Å². The van der Waals surface area contributed by atoms with Crippen molar-refractivity contribution in [3.05, 3.63) is 12.2 Å². The third-order valence-electron chi connectivity index (χ3n) is 2.13. The summed E-state index contributed by atoms with van der Waals surface area (Å²) in [5.41, 5.74) is 0. The highest BCUT2D eigenvalue weighted by molar-refractivity contribution is 4.87. The van der Waals surface area contributed by atoms with E-state index < -0.39 is 0 Å². The minimum Gasteiger partial charge on any atom is -0.347 e. The number of unbranched alkanes of at least 4 members (excludes halogenated alkanes) is 4. The Kier molecular flexibility index (Phi) is 6.14. The van der Waals surface area contributed by atoms with Crippen LogP contribution in [0.25, 0.3) is 0 Å². The van der Waals surface area contributed by atoms with Gasteiger partial charge in [0.25, 0.3) is 0 Å². The van der Waals surface area contributed by atoms with Crippen molar-refractivity contribution in [1.29, 1.82) is 0 Å². The molecule has 0 unspecified atom stereocenters. The molecule has 1 rings (SSSR count). The first-order valence-corrected chi connectivity index (χ1v) is 5.27. The normalized spacial score (nSPS) is 17.6. The summed E-state index contributed by atoms with van der Waals surface area (Å²) in [4.78, 5) is 0. The molecule has 1 fully saturated rings. The van der Waals surface area contributed by atoms with E-state index in [4.69, 9.17) is 15.9 Å². The molecule has 0 aliphatic carbocycles. The second-order valence-corrected chi connectivity index (χ2v) is 3.34. The van der Waals surface area contributed by atoms with Crippen molar-refractivity contribution in [3.8, 4) is 12.3 Å². The molecule has 2 heteroatoms. The summed E-state index contributed by atoms with van der Waals surface area (Å²) in [7, 11) is 0. The molecule has 1 saturated heterocycles. The summed E-state index contributed by atoms with van der Waals surface area (Å²) in [5.74, 6) is 2.65. The fraction of sp³-hybridized carbons (Fsp3) is 0.667. The lowest BCUT2D eigenvalue weighted by Gasteiger charge is -2.00. The highest BCUT2D eigenvalue weighted by Crippen LogP contribution is 2.07. The molecule has 0 N–H and O–H groups in total. The number of ether oxygens (including phenoxy) is 2. The van der Waals surface area contributed by atoms with Gasteiger partial charge in [-0.25, -0.2) is 0 Å². The van der Waals surface area contributed by atoms with E-state index in [1.165, 1.54) is 12.8 Å². The Balaban J connectivity index is 1.90. The monoisotopic (exact) mass is 194 g/mol. The van der Waals surface area contributed by atoms with Crippen LogP contribution in [0.4, 0.5) is 0 Å². The standard InChI is InChI=1S/C12H18O2/c1-2-3-4-5-6-7-8-9-12-13-10-11-14-12/h1,8-9,12H,3-7,10-11H2/b9-8+. The molecule has 1 heterocycles. The molecule has 0 aromatic heterocycles. The van der Waals surface area contributed by atoms with Crippen molar-refractivity contribution in [2.24, 2.45) is 0 Å². The number of rotatable bonds is 6. The summed E-state index contributed by atoms with van der Waals surface area (Å²) in [5, 5.41) is 0. The first kappa shape index (κ1) is 11.3. The molecule has 78 valence electrons. The highest BCUT2D eigenvalue weighted by Gasteiger charge is 2.10. The van der Waals surface area contributed by atoms with E-state index in [0.29, 0.717) is 0 Å². The number of allylic oxidation sites excluding steroid dienone is 1. The second-order valence-electron chi connectivity index (χ2n) is 3.34. The van der Waals surface area contributed by atoms with Crippen LogP contribution in [0, 0.1) is 12.3 Å². The first-order chi connectivity index (χ1) is 6.93. The van der Waals surface area contributed by atoms with Crippen LogP contribution in [0.2, 0.25) is 0 Å². The van der Waals surface area contributed by atoms with Crippen molar-refractivity contribution < 1.29 is 9.47 Å². The molecular formula is C12H18O2. The molecule has 0 bridgehead atoms. The maximum absolute atomic E-state index is 5.26. The predicted octanol–water partition coefficient (Wildman–Crippen LogP) is 2.50. The number of hydrogen-bond acceptors (Lipinski definition) is 2. The third kappa shape index (κ3) is 5.06. The summed E-state index contributed by atoms with van der Waals surface area (Å²) in [6.45, 7) is 1.44. The first-order valence-electron chi connectivity index (χ1n) is 5.27. The van der Waals surface area contributed by atoms with Crippen LogP contribution in [-0.2, 0) is 9.47 Å². The largest absolute Gasteiger partial charge is 0.347 e. The summed E-state index contributed by atoms with van der Waals surface area (Å²) in [6.07, 6.45) is 14.7. The van der Waals surface area contributed by atoms with Gasteiger partial charge in [0.1, 0.15) is 0 Å². The van der Waals surface area contributed by atoms with Gasteiger partial charge < -0.3 is 9.47 Å². The van der Waals surface area contributed by atoms with E-state index >= 15 is 0 Å². The zero-order valence-electron chi connectivity index (χ0n) is 8.58. The van der Waals surface area contributed by atoms with E-state index in [-0.39, 0.29) is 6.29 Å². The summed E-state index contributed by atoms with van der Waals surface area (Å²) >= 11 is 0. The van der Waals surface area contributed by atoms with E-state index in [2.05, 4.69) is 12.0 Å². The molecule has 0 aromatic rings. The van der Waals surface area contributed by atoms with E-state index in [1.54, 1.807) is 0 Å². The molecule has 1 aliphatic heterocycles. The van der Waals surface area contributed by atoms with Gasteiger partial charge >= 0.3 is 0 Å². The van der Waals surface area contributed by atoms with Crippen molar-refractivity contribution in [2.45, 2.75) is 38.4 Å². The second kappa shape index (κ2) is 7.61. The molecular weight excluding hydrogens is 176 g/mol. The maximum Gasteiger partial charge on any atom is 0.177 e. The van der Waals surface area contributed by atoms with Gasteiger partial charge in [-0.05, 0) is 25.3 Å². The van der Waals surface area contributed by atoms with Gasteiger partial charge in [-0.2, -0.15) is 0 Å². The summed E-state index contributed by atoms with van der Waals surface area (Å²) < 4.78 is 10.5. The topological polar surface area (TPSA) is 18.5 Å². The number of hydrogen-bond donors (Lipinski definition) is 0. The Morgan fingerprint density at radius 2 is 2.00 bits per heavy atom. The third-order valence-corrected chi connectivity index (χ3v) is 2.13. The molecule has 0 saturated carbocycles. The van der Waals surface area contributed by atoms with Crippen LogP contribution in [-0.4, -0.2) is 19.5 Å². The molecule has 1 aliphatic rings. The lowest BCUT2D eigenvalue weighted by molar-refractivity contribution is -0.00173. The van der Waals surface area contributed by atoms with Crippen LogP contribution < -0.4 is 0 Å². The zero-order chi connectivity index (χ0) is 10.1. The average molecular weight is 194 g/mol. The lowest BCUT2D eigenvalue weighted by atomic mass is 10.1. The number of terminal acetylenes is 1. The van der Waals surface area contributed by atoms with Gasteiger partial charge in [-0.3, -0.25) is 0 Å². The van der Waals surface area contributed by atoms with Gasteiger partial charge in [0.15, 0.2) is 6.29 Å². The van der Waals surface area contributed by atoms with Gasteiger partial charge in [-0.1, -0.05) is 12.5 Å². The lowest BCUT2D eigenvalue weighted by Crippen LogP contribution is -2.01. The predicted molar refractivity (Wildman–Crippen MR) is 56.8 cm³/mol. The minimum atomic E-state index is -0.0966. The molecule has 0 radical (unpaired) electrons. The smallest absolute Gasteiger partial charge is 0.177 e. The SMILES string of the molecule is C#CCCCCC/C=C/C1OCCO1. The van der Waals surface area contributed by atoms with Crippen LogP contribution in [0.15, 0.2) is 12.2 Å². The molecule has 0 amide bonds. The Labute approximate surface area is 86.3 Å². The zero-order valence-corrected chi connectivity index (χ0v) is 8.58. The Morgan fingerprint density at radius 3 is 2.71 bits per heavy atom. The fourth-order valence-electron chi connectivity index (χ4n) is 1.36. The molecule has 14 heavy (non-hydrogen) atoms. The molecule has 0 spiro atoms. The van der Waals surface area contributed by atoms with E-state index in [9.17, 15) is 0 Å². The van der Waals surface area contributed by atoms with E-state index in [0.717, 1.165) is 32.5 Å². The van der Waals surface area contributed by atoms with Crippen molar-refractivity contribution in [1.82, 2.24) is 0 Å². The quantitative estimate of drug-likeness (QED) is 0.367. The maximum atomic E-state index is 5.26. The molecule has 0 atom stereocenters. The van der Waals surface area contributed by atoms with Crippen LogP contribution in [0.1, 0.15) is 32.1 Å². The highest BCUT2D eigenvalue weighted by atomic mass is 16.7.